The molecular weight excluding hydrogens is 372 g/mol. The summed E-state index contributed by atoms with van der Waals surface area (Å²) in [6.45, 7) is 1.12. The van der Waals surface area contributed by atoms with Crippen LogP contribution in [0.15, 0.2) is 48.8 Å². The molecule has 1 saturated heterocycles. The number of carbonyl (C=O) groups excluding carboxylic acids is 1. The summed E-state index contributed by atoms with van der Waals surface area (Å²) in [5.74, 6) is 0.405. The van der Waals surface area contributed by atoms with E-state index in [4.69, 9.17) is 11.6 Å². The van der Waals surface area contributed by atoms with Gasteiger partial charge in [0.05, 0.1) is 11.5 Å². The van der Waals surface area contributed by atoms with Crippen molar-refractivity contribution in [3.05, 3.63) is 59.4 Å². The van der Waals surface area contributed by atoms with E-state index in [2.05, 4.69) is 9.88 Å². The van der Waals surface area contributed by atoms with Crippen molar-refractivity contribution in [1.82, 2.24) is 9.88 Å². The summed E-state index contributed by atoms with van der Waals surface area (Å²) in [6, 6.07) is 11.5. The van der Waals surface area contributed by atoms with E-state index in [1.165, 1.54) is 0 Å². The van der Waals surface area contributed by atoms with E-state index in [0.29, 0.717) is 31.0 Å². The lowest BCUT2D eigenvalue weighted by atomic mass is 9.95. The number of aromatic nitrogens is 1. The zero-order valence-corrected chi connectivity index (χ0v) is 16.0. The van der Waals surface area contributed by atoms with Crippen LogP contribution in [0.4, 0.5) is 0 Å². The summed E-state index contributed by atoms with van der Waals surface area (Å²) in [5.41, 5.74) is 1.06. The molecule has 0 saturated carbocycles. The van der Waals surface area contributed by atoms with E-state index in [0.717, 1.165) is 5.56 Å². The molecule has 26 heavy (non-hydrogen) atoms. The Hall–Kier alpha value is -1.79. The summed E-state index contributed by atoms with van der Waals surface area (Å²) in [5, 5.41) is 3.58. The number of nitrogens with zero attached hydrogens (tertiary/aromatic N) is 1. The second-order valence-electron chi connectivity index (χ2n) is 6.91. The first-order valence-electron chi connectivity index (χ1n) is 8.74. The number of rotatable bonds is 7. The minimum absolute atomic E-state index is 0.0203. The Morgan fingerprint density at radius 2 is 1.92 bits per heavy atom. The molecule has 0 spiro atoms. The van der Waals surface area contributed by atoms with Crippen LogP contribution < -0.4 is 5.32 Å². The smallest absolute Gasteiger partial charge is 0.220 e. The van der Waals surface area contributed by atoms with Gasteiger partial charge in [-0.2, -0.15) is 0 Å². The highest BCUT2D eigenvalue weighted by molar-refractivity contribution is 7.91. The van der Waals surface area contributed by atoms with Gasteiger partial charge in [-0.3, -0.25) is 4.79 Å². The number of hydrogen-bond donors (Lipinski definition) is 1. The monoisotopic (exact) mass is 394 g/mol. The summed E-state index contributed by atoms with van der Waals surface area (Å²) >= 11 is 5.98. The van der Waals surface area contributed by atoms with Crippen LogP contribution in [0.1, 0.15) is 24.3 Å². The average molecular weight is 395 g/mol. The number of nitrogens with one attached hydrogen (secondary N) is 1. The molecule has 1 aromatic carbocycles. The molecule has 1 aliphatic rings. The molecule has 0 unspecified atom stereocenters. The topological polar surface area (TPSA) is 68.2 Å². The fourth-order valence-corrected chi connectivity index (χ4v) is 5.34. The van der Waals surface area contributed by atoms with Gasteiger partial charge in [0, 0.05) is 42.8 Å². The molecule has 3 rings (SSSR count). The molecule has 1 N–H and O–H groups in total. The number of hydrogen-bond acceptors (Lipinski definition) is 3. The maximum absolute atomic E-state index is 12.4. The molecule has 1 amide bonds. The quantitative estimate of drug-likeness (QED) is 0.785. The Bertz CT molecular complexity index is 832. The third-order valence-electron chi connectivity index (χ3n) is 4.79. The average Bonchev–Trinajstić information content (AvgIpc) is 3.22. The summed E-state index contributed by atoms with van der Waals surface area (Å²) in [4.78, 5) is 12.4. The predicted molar refractivity (Wildman–Crippen MR) is 103 cm³/mol. The highest BCUT2D eigenvalue weighted by atomic mass is 35.5. The lowest BCUT2D eigenvalue weighted by Crippen LogP contribution is -2.31. The van der Waals surface area contributed by atoms with Crippen LogP contribution in [0.3, 0.4) is 0 Å². The van der Waals surface area contributed by atoms with E-state index in [9.17, 15) is 13.2 Å². The second kappa shape index (κ2) is 8.27. The summed E-state index contributed by atoms with van der Waals surface area (Å²) in [6.07, 6.45) is 4.93. The van der Waals surface area contributed by atoms with E-state index in [1.807, 2.05) is 48.8 Å². The van der Waals surface area contributed by atoms with Crippen LogP contribution in [0.5, 0.6) is 0 Å². The van der Waals surface area contributed by atoms with E-state index in [-0.39, 0.29) is 29.2 Å². The fourth-order valence-electron chi connectivity index (χ4n) is 3.36. The number of carbonyl (C=O) groups is 1. The number of benzene rings is 1. The van der Waals surface area contributed by atoms with Crippen molar-refractivity contribution in [2.45, 2.75) is 25.3 Å². The van der Waals surface area contributed by atoms with Gasteiger partial charge in [0.2, 0.25) is 5.91 Å². The van der Waals surface area contributed by atoms with Crippen molar-refractivity contribution in [1.29, 1.82) is 0 Å². The first kappa shape index (κ1) is 19.0. The molecule has 5 nitrogen and oxygen atoms in total. The normalized spacial score (nSPS) is 20.0. The lowest BCUT2D eigenvalue weighted by Gasteiger charge is -2.19. The Morgan fingerprint density at radius 3 is 2.54 bits per heavy atom. The second-order valence-corrected chi connectivity index (χ2v) is 9.57. The molecule has 7 heteroatoms. The van der Waals surface area contributed by atoms with Gasteiger partial charge in [0.25, 0.3) is 0 Å². The van der Waals surface area contributed by atoms with Gasteiger partial charge in [-0.15, -0.1) is 0 Å². The highest BCUT2D eigenvalue weighted by Crippen LogP contribution is 2.24. The molecule has 1 aromatic heterocycles. The van der Waals surface area contributed by atoms with Crippen LogP contribution in [0.25, 0.3) is 0 Å². The van der Waals surface area contributed by atoms with Crippen molar-refractivity contribution in [2.75, 3.05) is 18.1 Å². The minimum Gasteiger partial charge on any atom is -0.356 e. The molecule has 1 fully saturated rings. The standard InChI is InChI=1S/C19H23ClN2O3S/c20-18-5-3-16(4-6-18)17(13-22-8-1-2-9-22)11-19(23)21-12-15-7-10-26(24,25)14-15/h1-6,8-9,15,17H,7,10-14H2,(H,21,23)/t15-,17+/m0/s1. The Morgan fingerprint density at radius 1 is 1.23 bits per heavy atom. The molecule has 0 bridgehead atoms. The van der Waals surface area contributed by atoms with Crippen LogP contribution in [0.2, 0.25) is 5.02 Å². The highest BCUT2D eigenvalue weighted by Gasteiger charge is 2.28. The SMILES string of the molecule is O=C(C[C@H](Cn1cccc1)c1ccc(Cl)cc1)NC[C@@H]1CCS(=O)(=O)C1. The van der Waals surface area contributed by atoms with E-state index >= 15 is 0 Å². The van der Waals surface area contributed by atoms with Crippen molar-refractivity contribution in [2.24, 2.45) is 5.92 Å². The zero-order valence-electron chi connectivity index (χ0n) is 14.5. The van der Waals surface area contributed by atoms with Gasteiger partial charge in [-0.05, 0) is 42.2 Å². The maximum Gasteiger partial charge on any atom is 0.220 e. The molecule has 0 radical (unpaired) electrons. The van der Waals surface area contributed by atoms with Crippen molar-refractivity contribution in [3.8, 4) is 0 Å². The van der Waals surface area contributed by atoms with Gasteiger partial charge in [0.15, 0.2) is 9.84 Å². The van der Waals surface area contributed by atoms with Gasteiger partial charge in [0.1, 0.15) is 0 Å². The molecule has 140 valence electrons. The number of amides is 1. The lowest BCUT2D eigenvalue weighted by molar-refractivity contribution is -0.121. The number of halogens is 1. The summed E-state index contributed by atoms with van der Waals surface area (Å²) in [7, 11) is -2.91. The van der Waals surface area contributed by atoms with Gasteiger partial charge >= 0.3 is 0 Å². The Kier molecular flexibility index (Phi) is 6.04. The van der Waals surface area contributed by atoms with Crippen molar-refractivity contribution in [3.63, 3.8) is 0 Å². The third kappa shape index (κ3) is 5.35. The molecule has 2 atom stereocenters. The first-order chi connectivity index (χ1) is 12.4. The minimum atomic E-state index is -2.91. The first-order valence-corrected chi connectivity index (χ1v) is 10.9. The maximum atomic E-state index is 12.4. The largest absolute Gasteiger partial charge is 0.356 e. The van der Waals surface area contributed by atoms with Gasteiger partial charge in [-0.1, -0.05) is 23.7 Å². The summed E-state index contributed by atoms with van der Waals surface area (Å²) < 4.78 is 25.1. The third-order valence-corrected chi connectivity index (χ3v) is 6.87. The van der Waals surface area contributed by atoms with Crippen LogP contribution in [-0.4, -0.2) is 36.9 Å². The van der Waals surface area contributed by atoms with Gasteiger partial charge in [-0.25, -0.2) is 8.42 Å². The molecule has 1 aliphatic heterocycles. The molecular formula is C19H23ClN2O3S. The molecule has 2 heterocycles. The van der Waals surface area contributed by atoms with E-state index < -0.39 is 9.84 Å². The zero-order chi connectivity index (χ0) is 18.6. The van der Waals surface area contributed by atoms with Crippen LogP contribution in [-0.2, 0) is 21.2 Å². The Balaban J connectivity index is 1.61. The molecule has 0 aliphatic carbocycles. The Labute approximate surface area is 159 Å². The van der Waals surface area contributed by atoms with Crippen molar-refractivity contribution < 1.29 is 13.2 Å². The van der Waals surface area contributed by atoms with Crippen molar-refractivity contribution >= 4 is 27.3 Å². The fraction of sp³-hybridized carbons (Fsp3) is 0.421. The van der Waals surface area contributed by atoms with Crippen LogP contribution >= 0.6 is 11.6 Å². The number of sulfone groups is 1. The predicted octanol–water partition coefficient (Wildman–Crippen LogP) is 2.87. The molecule has 2 aromatic rings. The van der Waals surface area contributed by atoms with Gasteiger partial charge < -0.3 is 9.88 Å². The van der Waals surface area contributed by atoms with Crippen LogP contribution in [0, 0.1) is 5.92 Å². The van der Waals surface area contributed by atoms with E-state index in [1.54, 1.807) is 0 Å².